The minimum Gasteiger partial charge on any atom is -0.390 e. The van der Waals surface area contributed by atoms with E-state index in [4.69, 9.17) is 5.26 Å². The molecule has 0 saturated carbocycles. The van der Waals surface area contributed by atoms with Crippen LogP contribution in [-0.2, 0) is 0 Å². The van der Waals surface area contributed by atoms with Gasteiger partial charge in [-0.15, -0.1) is 0 Å². The van der Waals surface area contributed by atoms with Gasteiger partial charge in [-0.05, 0) is 13.8 Å². The van der Waals surface area contributed by atoms with E-state index in [0.29, 0.717) is 12.6 Å². The normalized spacial score (nSPS) is 32.6. The lowest BCUT2D eigenvalue weighted by molar-refractivity contribution is 0.153. The molecule has 1 aliphatic rings. The SMILES string of the molecule is CC(C)N1C[C@@H](O)[C@@H](C#N)C1. The van der Waals surface area contributed by atoms with Gasteiger partial charge in [-0.1, -0.05) is 0 Å². The molecule has 0 unspecified atom stereocenters. The summed E-state index contributed by atoms with van der Waals surface area (Å²) in [6.07, 6.45) is -0.442. The van der Waals surface area contributed by atoms with E-state index in [1.165, 1.54) is 0 Å². The van der Waals surface area contributed by atoms with Crippen LogP contribution in [0.2, 0.25) is 0 Å². The first-order valence-electron chi connectivity index (χ1n) is 3.97. The molecule has 0 bridgehead atoms. The molecule has 62 valence electrons. The summed E-state index contributed by atoms with van der Waals surface area (Å²) in [6.45, 7) is 5.52. The number of aliphatic hydroxyl groups excluding tert-OH is 1. The second-order valence-corrected chi connectivity index (χ2v) is 3.35. The van der Waals surface area contributed by atoms with E-state index in [1.54, 1.807) is 0 Å². The molecule has 1 N–H and O–H groups in total. The largest absolute Gasteiger partial charge is 0.390 e. The monoisotopic (exact) mass is 154 g/mol. The highest BCUT2D eigenvalue weighted by atomic mass is 16.3. The van der Waals surface area contributed by atoms with Crippen molar-refractivity contribution in [2.45, 2.75) is 26.0 Å². The molecule has 0 spiro atoms. The summed E-state index contributed by atoms with van der Waals surface area (Å²) in [5, 5.41) is 17.9. The summed E-state index contributed by atoms with van der Waals surface area (Å²) in [5.41, 5.74) is 0. The summed E-state index contributed by atoms with van der Waals surface area (Å²) in [7, 11) is 0. The maximum absolute atomic E-state index is 9.34. The van der Waals surface area contributed by atoms with E-state index >= 15 is 0 Å². The van der Waals surface area contributed by atoms with E-state index in [-0.39, 0.29) is 5.92 Å². The molecule has 0 amide bonds. The molecule has 0 aromatic carbocycles. The summed E-state index contributed by atoms with van der Waals surface area (Å²) in [5.74, 6) is -0.183. The van der Waals surface area contributed by atoms with Crippen molar-refractivity contribution in [3.63, 3.8) is 0 Å². The smallest absolute Gasteiger partial charge is 0.0862 e. The van der Waals surface area contributed by atoms with Gasteiger partial charge in [0.2, 0.25) is 0 Å². The first-order chi connectivity index (χ1) is 5.15. The molecular weight excluding hydrogens is 140 g/mol. The number of β-amino-alcohol motifs (C(OH)–C–C–N with tert-alkyl or cyclic N) is 1. The summed E-state index contributed by atoms with van der Waals surface area (Å²) < 4.78 is 0. The van der Waals surface area contributed by atoms with Gasteiger partial charge < -0.3 is 5.11 Å². The lowest BCUT2D eigenvalue weighted by atomic mass is 10.1. The van der Waals surface area contributed by atoms with Crippen LogP contribution < -0.4 is 0 Å². The van der Waals surface area contributed by atoms with Crippen LogP contribution in [0.15, 0.2) is 0 Å². The maximum atomic E-state index is 9.34. The number of hydrogen-bond acceptors (Lipinski definition) is 3. The Morgan fingerprint density at radius 3 is 2.45 bits per heavy atom. The molecule has 0 aromatic heterocycles. The van der Waals surface area contributed by atoms with Crippen LogP contribution in [0.4, 0.5) is 0 Å². The topological polar surface area (TPSA) is 47.3 Å². The number of rotatable bonds is 1. The number of nitrogens with zero attached hydrogens (tertiary/aromatic N) is 2. The molecule has 1 fully saturated rings. The number of likely N-dealkylation sites (tertiary alicyclic amines) is 1. The number of hydrogen-bond donors (Lipinski definition) is 1. The zero-order chi connectivity index (χ0) is 8.43. The van der Waals surface area contributed by atoms with Crippen LogP contribution in [0.1, 0.15) is 13.8 Å². The second-order valence-electron chi connectivity index (χ2n) is 3.35. The molecular formula is C8H14N2O. The number of aliphatic hydroxyl groups is 1. The van der Waals surface area contributed by atoms with Gasteiger partial charge >= 0.3 is 0 Å². The van der Waals surface area contributed by atoms with Crippen LogP contribution in [0.3, 0.4) is 0 Å². The fourth-order valence-electron chi connectivity index (χ4n) is 1.36. The van der Waals surface area contributed by atoms with E-state index in [9.17, 15) is 5.11 Å². The van der Waals surface area contributed by atoms with Crippen LogP contribution in [0, 0.1) is 17.2 Å². The highest BCUT2D eigenvalue weighted by molar-refractivity contribution is 4.97. The van der Waals surface area contributed by atoms with Crippen molar-refractivity contribution in [1.82, 2.24) is 4.90 Å². The lowest BCUT2D eigenvalue weighted by Gasteiger charge is -2.18. The van der Waals surface area contributed by atoms with Gasteiger partial charge in [0.05, 0.1) is 18.1 Å². The van der Waals surface area contributed by atoms with Gasteiger partial charge in [0, 0.05) is 19.1 Å². The highest BCUT2D eigenvalue weighted by Crippen LogP contribution is 2.17. The van der Waals surface area contributed by atoms with Gasteiger partial charge in [-0.25, -0.2) is 0 Å². The Labute approximate surface area is 67.2 Å². The average Bonchev–Trinajstić information content (AvgIpc) is 2.31. The molecule has 3 heteroatoms. The van der Waals surface area contributed by atoms with Crippen molar-refractivity contribution in [2.24, 2.45) is 5.92 Å². The first-order valence-corrected chi connectivity index (χ1v) is 3.97. The molecule has 2 atom stereocenters. The van der Waals surface area contributed by atoms with Gasteiger partial charge in [0.1, 0.15) is 0 Å². The zero-order valence-electron chi connectivity index (χ0n) is 6.99. The second kappa shape index (κ2) is 3.21. The highest BCUT2D eigenvalue weighted by Gasteiger charge is 2.32. The van der Waals surface area contributed by atoms with Gasteiger partial charge in [0.15, 0.2) is 0 Å². The van der Waals surface area contributed by atoms with Crippen molar-refractivity contribution in [2.75, 3.05) is 13.1 Å². The maximum Gasteiger partial charge on any atom is 0.0862 e. The molecule has 0 radical (unpaired) electrons. The standard InChI is InChI=1S/C8H14N2O/c1-6(2)10-4-7(3-9)8(11)5-10/h6-8,11H,4-5H2,1-2H3/t7-,8+/m0/s1. The molecule has 1 aliphatic heterocycles. The van der Waals surface area contributed by atoms with E-state index in [0.717, 1.165) is 6.54 Å². The minimum absolute atomic E-state index is 0.183. The predicted molar refractivity (Wildman–Crippen MR) is 41.8 cm³/mol. The molecule has 0 aliphatic carbocycles. The van der Waals surface area contributed by atoms with Crippen molar-refractivity contribution in [3.05, 3.63) is 0 Å². The quantitative estimate of drug-likeness (QED) is 0.587. The fraction of sp³-hybridized carbons (Fsp3) is 0.875. The summed E-state index contributed by atoms with van der Waals surface area (Å²) in [6, 6.07) is 2.54. The minimum atomic E-state index is -0.442. The fourth-order valence-corrected chi connectivity index (χ4v) is 1.36. The zero-order valence-corrected chi connectivity index (χ0v) is 6.99. The van der Waals surface area contributed by atoms with E-state index in [2.05, 4.69) is 24.8 Å². The first kappa shape index (κ1) is 8.51. The Balaban J connectivity index is 2.51. The third-order valence-electron chi connectivity index (χ3n) is 2.21. The van der Waals surface area contributed by atoms with Crippen molar-refractivity contribution in [1.29, 1.82) is 5.26 Å². The van der Waals surface area contributed by atoms with E-state index < -0.39 is 6.10 Å². The Hall–Kier alpha value is -0.590. The van der Waals surface area contributed by atoms with Gasteiger partial charge in [-0.3, -0.25) is 4.90 Å². The molecule has 1 rings (SSSR count). The van der Waals surface area contributed by atoms with Crippen LogP contribution in [-0.4, -0.2) is 35.2 Å². The number of nitriles is 1. The third kappa shape index (κ3) is 1.70. The van der Waals surface area contributed by atoms with Crippen molar-refractivity contribution in [3.8, 4) is 6.07 Å². The van der Waals surface area contributed by atoms with Crippen LogP contribution in [0.5, 0.6) is 0 Å². The molecule has 1 heterocycles. The Bertz CT molecular complexity index is 173. The third-order valence-corrected chi connectivity index (χ3v) is 2.21. The predicted octanol–water partition coefficient (Wildman–Crippen LogP) is 0.211. The van der Waals surface area contributed by atoms with Gasteiger partial charge in [-0.2, -0.15) is 5.26 Å². The average molecular weight is 154 g/mol. The molecule has 0 aromatic rings. The Morgan fingerprint density at radius 2 is 2.18 bits per heavy atom. The summed E-state index contributed by atoms with van der Waals surface area (Å²) in [4.78, 5) is 2.12. The lowest BCUT2D eigenvalue weighted by Crippen LogP contribution is -2.29. The molecule has 3 nitrogen and oxygen atoms in total. The van der Waals surface area contributed by atoms with Crippen LogP contribution >= 0.6 is 0 Å². The Kier molecular flexibility index (Phi) is 2.48. The van der Waals surface area contributed by atoms with Crippen molar-refractivity contribution >= 4 is 0 Å². The van der Waals surface area contributed by atoms with Gasteiger partial charge in [0.25, 0.3) is 0 Å². The molecule has 11 heavy (non-hydrogen) atoms. The summed E-state index contributed by atoms with van der Waals surface area (Å²) >= 11 is 0. The van der Waals surface area contributed by atoms with Crippen LogP contribution in [0.25, 0.3) is 0 Å². The van der Waals surface area contributed by atoms with Crippen molar-refractivity contribution < 1.29 is 5.11 Å². The molecule has 1 saturated heterocycles. The Morgan fingerprint density at radius 1 is 1.55 bits per heavy atom. The van der Waals surface area contributed by atoms with E-state index in [1.807, 2.05) is 0 Å².